The first-order valence-corrected chi connectivity index (χ1v) is 5.63. The molecule has 100 valence electrons. The van der Waals surface area contributed by atoms with Crippen LogP contribution in [0, 0.1) is 0 Å². The van der Waals surface area contributed by atoms with Gasteiger partial charge in [0.1, 0.15) is 0 Å². The summed E-state index contributed by atoms with van der Waals surface area (Å²) >= 11 is 0. The number of carbonyl (C=O) groups is 1. The molecular formula is C13H11F2NO3. The summed E-state index contributed by atoms with van der Waals surface area (Å²) in [4.78, 5) is 14.3. The topological polar surface area (TPSA) is 63.3 Å². The normalized spacial score (nSPS) is 10.9. The van der Waals surface area contributed by atoms with E-state index < -0.39 is 23.8 Å². The highest BCUT2D eigenvalue weighted by Crippen LogP contribution is 2.23. The molecule has 0 unspecified atom stereocenters. The summed E-state index contributed by atoms with van der Waals surface area (Å²) in [6.45, 7) is 0. The molecule has 1 N–H and O–H groups in total. The van der Waals surface area contributed by atoms with Gasteiger partial charge in [0.25, 0.3) is 6.43 Å². The maximum atomic E-state index is 12.6. The maximum absolute atomic E-state index is 12.6. The molecule has 6 heteroatoms. The van der Waals surface area contributed by atoms with Gasteiger partial charge in [0.15, 0.2) is 11.6 Å². The van der Waals surface area contributed by atoms with Crippen LogP contribution in [0.2, 0.25) is 0 Å². The Hall–Kier alpha value is -2.24. The number of carboxylic acid groups (broad SMARTS) is 1. The Morgan fingerprint density at radius 2 is 1.95 bits per heavy atom. The standard InChI is InChI=1S/C13H11F2NO3/c14-12(15)10-11(13(17)18)19-9(16-10)7-6-8-4-2-1-3-5-8/h1-5,12H,6-7H2,(H,17,18). The summed E-state index contributed by atoms with van der Waals surface area (Å²) in [7, 11) is 0. The number of nitrogens with zero attached hydrogens (tertiary/aromatic N) is 1. The van der Waals surface area contributed by atoms with Crippen molar-refractivity contribution in [3.63, 3.8) is 0 Å². The van der Waals surface area contributed by atoms with Gasteiger partial charge in [-0.15, -0.1) is 0 Å². The zero-order chi connectivity index (χ0) is 13.8. The molecule has 0 atom stereocenters. The molecule has 0 saturated heterocycles. The quantitative estimate of drug-likeness (QED) is 0.904. The molecule has 1 aromatic carbocycles. The second-order valence-corrected chi connectivity index (χ2v) is 3.91. The fourth-order valence-electron chi connectivity index (χ4n) is 1.68. The number of hydrogen-bond acceptors (Lipinski definition) is 3. The summed E-state index contributed by atoms with van der Waals surface area (Å²) in [6.07, 6.45) is -2.14. The van der Waals surface area contributed by atoms with Gasteiger partial charge in [-0.05, 0) is 12.0 Å². The molecule has 0 spiro atoms. The highest BCUT2D eigenvalue weighted by molar-refractivity contribution is 5.85. The number of aryl methyl sites for hydroxylation is 2. The van der Waals surface area contributed by atoms with Crippen molar-refractivity contribution >= 4 is 5.97 Å². The number of benzene rings is 1. The minimum absolute atomic E-state index is 0.0107. The molecule has 0 aliphatic carbocycles. The molecule has 0 aliphatic heterocycles. The third-order valence-corrected chi connectivity index (χ3v) is 2.57. The molecule has 2 rings (SSSR count). The Kier molecular flexibility index (Phi) is 3.89. The minimum atomic E-state index is -2.96. The maximum Gasteiger partial charge on any atom is 0.374 e. The first-order chi connectivity index (χ1) is 9.08. The van der Waals surface area contributed by atoms with E-state index in [1.165, 1.54) is 0 Å². The van der Waals surface area contributed by atoms with Crippen molar-refractivity contribution < 1.29 is 23.1 Å². The predicted molar refractivity (Wildman–Crippen MR) is 62.3 cm³/mol. The van der Waals surface area contributed by atoms with Crippen molar-refractivity contribution in [3.8, 4) is 0 Å². The summed E-state index contributed by atoms with van der Waals surface area (Å²) in [5.74, 6) is -2.30. The van der Waals surface area contributed by atoms with Gasteiger partial charge in [-0.25, -0.2) is 18.6 Å². The van der Waals surface area contributed by atoms with Crippen LogP contribution in [0.3, 0.4) is 0 Å². The molecule has 19 heavy (non-hydrogen) atoms. The number of rotatable bonds is 5. The van der Waals surface area contributed by atoms with Crippen LogP contribution in [0.4, 0.5) is 8.78 Å². The molecule has 4 nitrogen and oxygen atoms in total. The summed E-state index contributed by atoms with van der Waals surface area (Å²) in [5.41, 5.74) is 0.187. The first-order valence-electron chi connectivity index (χ1n) is 5.63. The molecule has 0 saturated carbocycles. The second kappa shape index (κ2) is 5.60. The molecule has 0 radical (unpaired) electrons. The van der Waals surface area contributed by atoms with Crippen molar-refractivity contribution in [2.45, 2.75) is 19.3 Å². The Balaban J connectivity index is 2.13. The number of aromatic carboxylic acids is 1. The van der Waals surface area contributed by atoms with Gasteiger partial charge >= 0.3 is 5.97 Å². The fourth-order valence-corrected chi connectivity index (χ4v) is 1.68. The molecule has 0 fully saturated rings. The van der Waals surface area contributed by atoms with Gasteiger partial charge in [0.05, 0.1) is 0 Å². The highest BCUT2D eigenvalue weighted by atomic mass is 19.3. The minimum Gasteiger partial charge on any atom is -0.475 e. The van der Waals surface area contributed by atoms with Crippen LogP contribution >= 0.6 is 0 Å². The van der Waals surface area contributed by atoms with Crippen molar-refractivity contribution in [3.05, 3.63) is 53.2 Å². The zero-order valence-electron chi connectivity index (χ0n) is 9.85. The second-order valence-electron chi connectivity index (χ2n) is 3.91. The Morgan fingerprint density at radius 1 is 1.26 bits per heavy atom. The number of hydrogen-bond donors (Lipinski definition) is 1. The Morgan fingerprint density at radius 3 is 2.47 bits per heavy atom. The van der Waals surface area contributed by atoms with Crippen molar-refractivity contribution in [2.75, 3.05) is 0 Å². The average molecular weight is 267 g/mol. The van der Waals surface area contributed by atoms with E-state index in [4.69, 9.17) is 9.52 Å². The van der Waals surface area contributed by atoms with Crippen molar-refractivity contribution in [1.82, 2.24) is 4.98 Å². The lowest BCUT2D eigenvalue weighted by Crippen LogP contribution is -1.99. The molecule has 0 bridgehead atoms. The summed E-state index contributed by atoms with van der Waals surface area (Å²) in [6, 6.07) is 9.35. The largest absolute Gasteiger partial charge is 0.475 e. The lowest BCUT2D eigenvalue weighted by molar-refractivity contribution is 0.0644. The molecule has 0 aliphatic rings. The third kappa shape index (κ3) is 3.15. The van der Waals surface area contributed by atoms with E-state index >= 15 is 0 Å². The fraction of sp³-hybridized carbons (Fsp3) is 0.231. The van der Waals surface area contributed by atoms with E-state index in [0.29, 0.717) is 6.42 Å². The summed E-state index contributed by atoms with van der Waals surface area (Å²) in [5, 5.41) is 8.75. The lowest BCUT2D eigenvalue weighted by Gasteiger charge is -1.97. The van der Waals surface area contributed by atoms with Crippen LogP contribution in [-0.4, -0.2) is 16.1 Å². The van der Waals surface area contributed by atoms with Crippen LogP contribution in [0.25, 0.3) is 0 Å². The van der Waals surface area contributed by atoms with Crippen LogP contribution in [0.5, 0.6) is 0 Å². The number of alkyl halides is 2. The predicted octanol–water partition coefficient (Wildman–Crippen LogP) is 3.10. The van der Waals surface area contributed by atoms with E-state index in [2.05, 4.69) is 4.98 Å². The number of oxazole rings is 1. The summed E-state index contributed by atoms with van der Waals surface area (Å²) < 4.78 is 30.0. The SMILES string of the molecule is O=C(O)c1oc(CCc2ccccc2)nc1C(F)F. The molecular weight excluding hydrogens is 256 g/mol. The van der Waals surface area contributed by atoms with Gasteiger partial charge in [0, 0.05) is 6.42 Å². The lowest BCUT2D eigenvalue weighted by atomic mass is 10.1. The van der Waals surface area contributed by atoms with Gasteiger partial charge in [0.2, 0.25) is 5.76 Å². The van der Waals surface area contributed by atoms with Crippen LogP contribution in [-0.2, 0) is 12.8 Å². The van der Waals surface area contributed by atoms with E-state index in [0.717, 1.165) is 5.56 Å². The van der Waals surface area contributed by atoms with Crippen LogP contribution < -0.4 is 0 Å². The first kappa shape index (κ1) is 13.2. The van der Waals surface area contributed by atoms with Gasteiger partial charge in [-0.1, -0.05) is 30.3 Å². The molecule has 1 heterocycles. The molecule has 0 amide bonds. The van der Waals surface area contributed by atoms with E-state index in [1.807, 2.05) is 30.3 Å². The monoisotopic (exact) mass is 267 g/mol. The average Bonchev–Trinajstić information content (AvgIpc) is 2.82. The van der Waals surface area contributed by atoms with Crippen molar-refractivity contribution in [1.29, 1.82) is 0 Å². The Bertz CT molecular complexity index is 567. The number of halogens is 2. The van der Waals surface area contributed by atoms with E-state index in [1.54, 1.807) is 0 Å². The van der Waals surface area contributed by atoms with Gasteiger partial charge in [-0.2, -0.15) is 0 Å². The highest BCUT2D eigenvalue weighted by Gasteiger charge is 2.25. The van der Waals surface area contributed by atoms with Crippen molar-refractivity contribution in [2.24, 2.45) is 0 Å². The molecule has 1 aromatic heterocycles. The van der Waals surface area contributed by atoms with Crippen LogP contribution in [0.1, 0.15) is 34.1 Å². The van der Waals surface area contributed by atoms with Crippen LogP contribution in [0.15, 0.2) is 34.7 Å². The number of carboxylic acids is 1. The van der Waals surface area contributed by atoms with E-state index in [-0.39, 0.29) is 12.3 Å². The third-order valence-electron chi connectivity index (χ3n) is 2.57. The van der Waals surface area contributed by atoms with Gasteiger partial charge in [-0.3, -0.25) is 0 Å². The smallest absolute Gasteiger partial charge is 0.374 e. The number of aromatic nitrogens is 1. The zero-order valence-corrected chi connectivity index (χ0v) is 9.85. The molecule has 2 aromatic rings. The van der Waals surface area contributed by atoms with Gasteiger partial charge < -0.3 is 9.52 Å². The Labute approximate surface area is 107 Å². The van der Waals surface area contributed by atoms with E-state index in [9.17, 15) is 13.6 Å².